The summed E-state index contributed by atoms with van der Waals surface area (Å²) in [6, 6.07) is 8.81. The Bertz CT molecular complexity index is 769. The molecule has 3 rings (SSSR count). The third kappa shape index (κ3) is 3.92. The average Bonchev–Trinajstić information content (AvgIpc) is 2.90. The van der Waals surface area contributed by atoms with E-state index in [1.807, 2.05) is 0 Å². The lowest BCUT2D eigenvalue weighted by molar-refractivity contribution is 0.0955. The monoisotopic (exact) mass is 339 g/mol. The molecule has 5 heteroatoms. The second kappa shape index (κ2) is 7.55. The maximum Gasteiger partial charge on any atom is 0.271 e. The molecule has 0 unspecified atom stereocenters. The molecule has 0 aliphatic heterocycles. The van der Waals surface area contributed by atoms with Crippen LogP contribution in [0.15, 0.2) is 35.4 Å². The van der Waals surface area contributed by atoms with Gasteiger partial charge in [0, 0.05) is 28.6 Å². The molecule has 1 saturated carbocycles. The van der Waals surface area contributed by atoms with Crippen molar-refractivity contribution in [1.29, 1.82) is 0 Å². The van der Waals surface area contributed by atoms with Gasteiger partial charge in [0.1, 0.15) is 5.75 Å². The van der Waals surface area contributed by atoms with Gasteiger partial charge in [-0.3, -0.25) is 4.79 Å². The van der Waals surface area contributed by atoms with Crippen molar-refractivity contribution in [2.75, 3.05) is 0 Å². The summed E-state index contributed by atoms with van der Waals surface area (Å²) < 4.78 is 2.42. The van der Waals surface area contributed by atoms with Crippen LogP contribution in [0.25, 0.3) is 0 Å². The SMILES string of the molecule is Cc1cc(/C=N/NC(=O)c2ccc(O)cc2)c(C)n1C1CCCCC1. The Hall–Kier alpha value is -2.56. The number of aromatic nitrogens is 1. The Morgan fingerprint density at radius 2 is 1.88 bits per heavy atom. The van der Waals surface area contributed by atoms with Crippen molar-refractivity contribution in [2.45, 2.75) is 52.0 Å². The maximum absolute atomic E-state index is 12.0. The number of nitrogens with one attached hydrogen (secondary N) is 1. The molecule has 0 spiro atoms. The number of carbonyl (C=O) groups excluding carboxylic acids is 1. The number of aryl methyl sites for hydroxylation is 1. The van der Waals surface area contributed by atoms with E-state index in [0.717, 1.165) is 5.56 Å². The number of nitrogens with zero attached hydrogens (tertiary/aromatic N) is 2. The van der Waals surface area contributed by atoms with Crippen molar-refractivity contribution < 1.29 is 9.90 Å². The molecular weight excluding hydrogens is 314 g/mol. The highest BCUT2D eigenvalue weighted by atomic mass is 16.3. The summed E-state index contributed by atoms with van der Waals surface area (Å²) in [5.41, 5.74) is 6.49. The molecule has 132 valence electrons. The molecule has 1 aromatic carbocycles. The Morgan fingerprint density at radius 3 is 2.56 bits per heavy atom. The van der Waals surface area contributed by atoms with E-state index in [-0.39, 0.29) is 11.7 Å². The summed E-state index contributed by atoms with van der Waals surface area (Å²) in [7, 11) is 0. The minimum atomic E-state index is -0.294. The molecule has 25 heavy (non-hydrogen) atoms. The molecule has 0 atom stereocenters. The van der Waals surface area contributed by atoms with Gasteiger partial charge in [-0.05, 0) is 57.0 Å². The lowest BCUT2D eigenvalue weighted by Gasteiger charge is -2.26. The van der Waals surface area contributed by atoms with Crippen molar-refractivity contribution in [1.82, 2.24) is 9.99 Å². The van der Waals surface area contributed by atoms with Crippen molar-refractivity contribution in [2.24, 2.45) is 5.10 Å². The van der Waals surface area contributed by atoms with Crippen LogP contribution < -0.4 is 5.43 Å². The average molecular weight is 339 g/mol. The van der Waals surface area contributed by atoms with E-state index in [4.69, 9.17) is 0 Å². The summed E-state index contributed by atoms with van der Waals surface area (Å²) in [5, 5.41) is 13.4. The van der Waals surface area contributed by atoms with Crippen LogP contribution in [-0.2, 0) is 0 Å². The fourth-order valence-electron chi connectivity index (χ4n) is 3.67. The van der Waals surface area contributed by atoms with Gasteiger partial charge in [-0.25, -0.2) is 5.43 Å². The van der Waals surface area contributed by atoms with E-state index in [2.05, 4.69) is 35.0 Å². The summed E-state index contributed by atoms with van der Waals surface area (Å²) in [6.07, 6.45) is 8.13. The number of amides is 1. The standard InChI is InChI=1S/C20H25N3O2/c1-14-12-17(15(2)23(14)18-6-4-3-5-7-18)13-21-22-20(25)16-8-10-19(24)11-9-16/h8-13,18,24H,3-7H2,1-2H3,(H,22,25)/b21-13+. The quantitative estimate of drug-likeness (QED) is 0.651. The Balaban J connectivity index is 1.69. The van der Waals surface area contributed by atoms with Gasteiger partial charge in [-0.15, -0.1) is 0 Å². The van der Waals surface area contributed by atoms with Crippen molar-refractivity contribution >= 4 is 12.1 Å². The first kappa shape index (κ1) is 17.3. The van der Waals surface area contributed by atoms with Crippen LogP contribution in [0.2, 0.25) is 0 Å². The second-order valence-corrected chi connectivity index (χ2v) is 6.73. The number of benzene rings is 1. The minimum Gasteiger partial charge on any atom is -0.508 e. The largest absolute Gasteiger partial charge is 0.508 e. The van der Waals surface area contributed by atoms with Crippen LogP contribution in [0.5, 0.6) is 5.75 Å². The molecule has 0 saturated heterocycles. The Kier molecular flexibility index (Phi) is 5.22. The highest BCUT2D eigenvalue weighted by Gasteiger charge is 2.19. The highest BCUT2D eigenvalue weighted by Crippen LogP contribution is 2.31. The molecular formula is C20H25N3O2. The van der Waals surface area contributed by atoms with E-state index in [1.54, 1.807) is 18.3 Å². The molecule has 1 aliphatic carbocycles. The van der Waals surface area contributed by atoms with Gasteiger partial charge < -0.3 is 9.67 Å². The van der Waals surface area contributed by atoms with Gasteiger partial charge >= 0.3 is 0 Å². The van der Waals surface area contributed by atoms with E-state index in [0.29, 0.717) is 11.6 Å². The maximum atomic E-state index is 12.0. The first-order valence-corrected chi connectivity index (χ1v) is 8.87. The molecule has 0 radical (unpaired) electrons. The van der Waals surface area contributed by atoms with Crippen LogP contribution >= 0.6 is 0 Å². The van der Waals surface area contributed by atoms with E-state index < -0.39 is 0 Å². The fourth-order valence-corrected chi connectivity index (χ4v) is 3.67. The van der Waals surface area contributed by atoms with Crippen LogP contribution in [0.1, 0.15) is 65.5 Å². The zero-order valence-corrected chi connectivity index (χ0v) is 14.8. The Morgan fingerprint density at radius 1 is 1.20 bits per heavy atom. The van der Waals surface area contributed by atoms with Gasteiger partial charge in [-0.1, -0.05) is 19.3 Å². The number of hydrazone groups is 1. The topological polar surface area (TPSA) is 66.6 Å². The summed E-state index contributed by atoms with van der Waals surface area (Å²) >= 11 is 0. The smallest absolute Gasteiger partial charge is 0.271 e. The van der Waals surface area contributed by atoms with Crippen molar-refractivity contribution in [3.8, 4) is 5.75 Å². The molecule has 1 aliphatic rings. The minimum absolute atomic E-state index is 0.134. The number of hydrogen-bond acceptors (Lipinski definition) is 3. The van der Waals surface area contributed by atoms with Crippen LogP contribution in [-0.4, -0.2) is 21.8 Å². The zero-order valence-electron chi connectivity index (χ0n) is 14.8. The fraction of sp³-hybridized carbons (Fsp3) is 0.400. The Labute approximate surface area is 148 Å². The van der Waals surface area contributed by atoms with E-state index in [1.165, 1.54) is 55.6 Å². The summed E-state index contributed by atoms with van der Waals surface area (Å²) in [4.78, 5) is 12.0. The van der Waals surface area contributed by atoms with E-state index >= 15 is 0 Å². The molecule has 1 aromatic heterocycles. The molecule has 0 bridgehead atoms. The highest BCUT2D eigenvalue weighted by molar-refractivity contribution is 5.95. The lowest BCUT2D eigenvalue weighted by atomic mass is 9.95. The van der Waals surface area contributed by atoms with E-state index in [9.17, 15) is 9.90 Å². The van der Waals surface area contributed by atoms with Crippen LogP contribution in [0.4, 0.5) is 0 Å². The predicted octanol–water partition coefficient (Wildman–Crippen LogP) is 4.08. The third-order valence-electron chi connectivity index (χ3n) is 4.96. The van der Waals surface area contributed by atoms with Crippen LogP contribution in [0.3, 0.4) is 0 Å². The normalized spacial score (nSPS) is 15.6. The lowest BCUT2D eigenvalue weighted by Crippen LogP contribution is -2.17. The molecule has 2 aromatic rings. The second-order valence-electron chi connectivity index (χ2n) is 6.73. The number of aromatic hydroxyl groups is 1. The zero-order chi connectivity index (χ0) is 17.8. The number of phenols is 1. The third-order valence-corrected chi connectivity index (χ3v) is 4.96. The number of carbonyl (C=O) groups is 1. The summed E-state index contributed by atoms with van der Waals surface area (Å²) in [5.74, 6) is -0.160. The predicted molar refractivity (Wildman–Crippen MR) is 99.2 cm³/mol. The van der Waals surface area contributed by atoms with Gasteiger partial charge in [0.15, 0.2) is 0 Å². The van der Waals surface area contributed by atoms with Gasteiger partial charge in [0.2, 0.25) is 0 Å². The van der Waals surface area contributed by atoms with Crippen molar-refractivity contribution in [3.05, 3.63) is 52.8 Å². The molecule has 1 amide bonds. The van der Waals surface area contributed by atoms with Crippen molar-refractivity contribution in [3.63, 3.8) is 0 Å². The first-order chi connectivity index (χ1) is 12.1. The van der Waals surface area contributed by atoms with Gasteiger partial charge in [0.05, 0.1) is 6.21 Å². The first-order valence-electron chi connectivity index (χ1n) is 8.87. The number of hydrogen-bond donors (Lipinski definition) is 2. The number of phenolic OH excluding ortho intramolecular Hbond substituents is 1. The molecule has 1 heterocycles. The molecule has 5 nitrogen and oxygen atoms in total. The molecule has 2 N–H and O–H groups in total. The number of rotatable bonds is 4. The molecule has 1 fully saturated rings. The van der Waals surface area contributed by atoms with Gasteiger partial charge in [-0.2, -0.15) is 5.10 Å². The van der Waals surface area contributed by atoms with Gasteiger partial charge in [0.25, 0.3) is 5.91 Å². The summed E-state index contributed by atoms with van der Waals surface area (Å²) in [6.45, 7) is 4.25. The van der Waals surface area contributed by atoms with Crippen LogP contribution in [0, 0.1) is 13.8 Å².